The quantitative estimate of drug-likeness (QED) is 0.504. The average Bonchev–Trinajstić information content (AvgIpc) is 2.89. The van der Waals surface area contributed by atoms with Crippen LogP contribution in [0.3, 0.4) is 0 Å². The van der Waals surface area contributed by atoms with E-state index in [2.05, 4.69) is 29.6 Å². The van der Waals surface area contributed by atoms with E-state index in [-0.39, 0.29) is 11.8 Å². The highest BCUT2D eigenvalue weighted by atomic mass is 16.2. The number of carbonyl (C=O) groups excluding carboxylic acids is 2. The van der Waals surface area contributed by atoms with Gasteiger partial charge in [0.05, 0.1) is 0 Å². The van der Waals surface area contributed by atoms with Crippen LogP contribution in [0.2, 0.25) is 0 Å². The van der Waals surface area contributed by atoms with Gasteiger partial charge in [0, 0.05) is 25.9 Å². The van der Waals surface area contributed by atoms with Crippen LogP contribution < -0.4 is 5.32 Å². The third-order valence-corrected chi connectivity index (χ3v) is 6.69. The Morgan fingerprint density at radius 2 is 1.29 bits per heavy atom. The lowest BCUT2D eigenvalue weighted by molar-refractivity contribution is -0.137. The Kier molecular flexibility index (Phi) is 8.50. The van der Waals surface area contributed by atoms with Crippen LogP contribution in [0, 0.1) is 5.92 Å². The van der Waals surface area contributed by atoms with Crippen molar-refractivity contribution in [3.63, 3.8) is 0 Å². The summed E-state index contributed by atoms with van der Waals surface area (Å²) in [4.78, 5) is 28.2. The minimum atomic E-state index is -0.531. The van der Waals surface area contributed by atoms with Crippen molar-refractivity contribution in [2.45, 2.75) is 44.6 Å². The zero-order chi connectivity index (χ0) is 23.6. The summed E-state index contributed by atoms with van der Waals surface area (Å²) in [6, 6.07) is 30.0. The summed E-state index contributed by atoms with van der Waals surface area (Å²) in [6.45, 7) is 1.50. The standard InChI is InChI=1S/C30H34N2O2/c33-29(17-16-24-10-4-1-5-11-24)31-28(23-26-14-8-3-9-15-26)30(34)32-20-18-27(19-21-32)22-25-12-6-2-7-13-25/h1-15,27-28H,16-23H2,(H,31,33). The molecule has 4 nitrogen and oxygen atoms in total. The molecule has 1 N–H and O–H groups in total. The number of piperidine rings is 1. The normalized spacial score (nSPS) is 15.0. The molecule has 0 radical (unpaired) electrons. The number of hydrogen-bond donors (Lipinski definition) is 1. The van der Waals surface area contributed by atoms with Crippen LogP contribution in [0.1, 0.15) is 36.0 Å². The van der Waals surface area contributed by atoms with E-state index < -0.39 is 6.04 Å². The number of amides is 2. The van der Waals surface area contributed by atoms with Gasteiger partial charge in [-0.05, 0) is 48.3 Å². The van der Waals surface area contributed by atoms with Gasteiger partial charge < -0.3 is 10.2 Å². The first-order valence-electron chi connectivity index (χ1n) is 12.4. The Morgan fingerprint density at radius 1 is 0.765 bits per heavy atom. The van der Waals surface area contributed by atoms with Gasteiger partial charge in [-0.3, -0.25) is 9.59 Å². The molecule has 0 saturated carbocycles. The zero-order valence-electron chi connectivity index (χ0n) is 19.7. The lowest BCUT2D eigenvalue weighted by Crippen LogP contribution is -2.51. The van der Waals surface area contributed by atoms with Crippen LogP contribution in [0.4, 0.5) is 0 Å². The van der Waals surface area contributed by atoms with Gasteiger partial charge in [0.1, 0.15) is 6.04 Å². The molecule has 1 heterocycles. The second-order valence-corrected chi connectivity index (χ2v) is 9.25. The summed E-state index contributed by atoms with van der Waals surface area (Å²) in [5.41, 5.74) is 3.55. The SMILES string of the molecule is O=C(CCc1ccccc1)NC(Cc1ccccc1)C(=O)N1CCC(Cc2ccccc2)CC1. The zero-order valence-corrected chi connectivity index (χ0v) is 19.7. The van der Waals surface area contributed by atoms with Crippen molar-refractivity contribution in [1.82, 2.24) is 10.2 Å². The van der Waals surface area contributed by atoms with Gasteiger partial charge in [0.2, 0.25) is 11.8 Å². The molecule has 0 bridgehead atoms. The predicted molar refractivity (Wildman–Crippen MR) is 136 cm³/mol. The van der Waals surface area contributed by atoms with Gasteiger partial charge in [-0.2, -0.15) is 0 Å². The van der Waals surface area contributed by atoms with Gasteiger partial charge in [-0.25, -0.2) is 0 Å². The maximum atomic E-state index is 13.5. The lowest BCUT2D eigenvalue weighted by Gasteiger charge is -2.34. The smallest absolute Gasteiger partial charge is 0.245 e. The molecule has 1 unspecified atom stereocenters. The molecule has 1 atom stereocenters. The van der Waals surface area contributed by atoms with Crippen LogP contribution in [0.5, 0.6) is 0 Å². The molecule has 2 amide bonds. The topological polar surface area (TPSA) is 49.4 Å². The number of aryl methyl sites for hydroxylation is 1. The molecule has 1 fully saturated rings. The Morgan fingerprint density at radius 3 is 1.88 bits per heavy atom. The molecule has 0 aliphatic carbocycles. The first kappa shape index (κ1) is 23.7. The fourth-order valence-electron chi connectivity index (χ4n) is 4.74. The minimum absolute atomic E-state index is 0.0371. The molecule has 1 aliphatic heterocycles. The van der Waals surface area contributed by atoms with E-state index >= 15 is 0 Å². The van der Waals surface area contributed by atoms with E-state index in [4.69, 9.17) is 0 Å². The molecular formula is C30H34N2O2. The van der Waals surface area contributed by atoms with Crippen LogP contribution in [0.25, 0.3) is 0 Å². The molecule has 176 valence electrons. The molecular weight excluding hydrogens is 420 g/mol. The van der Waals surface area contributed by atoms with E-state index in [1.165, 1.54) is 5.56 Å². The second-order valence-electron chi connectivity index (χ2n) is 9.25. The molecule has 4 heteroatoms. The number of rotatable bonds is 9. The van der Waals surface area contributed by atoms with Gasteiger partial charge in [-0.1, -0.05) is 91.0 Å². The van der Waals surface area contributed by atoms with Gasteiger partial charge in [-0.15, -0.1) is 0 Å². The first-order valence-corrected chi connectivity index (χ1v) is 12.4. The number of likely N-dealkylation sites (tertiary alicyclic amines) is 1. The summed E-state index contributed by atoms with van der Waals surface area (Å²) in [5, 5.41) is 3.05. The van der Waals surface area contributed by atoms with Gasteiger partial charge in [0.25, 0.3) is 0 Å². The van der Waals surface area contributed by atoms with Crippen LogP contribution >= 0.6 is 0 Å². The molecule has 0 aromatic heterocycles. The third kappa shape index (κ3) is 7.05. The molecule has 0 spiro atoms. The van der Waals surface area contributed by atoms with Crippen molar-refractivity contribution in [3.05, 3.63) is 108 Å². The van der Waals surface area contributed by atoms with Crippen LogP contribution in [-0.2, 0) is 28.9 Å². The predicted octanol–water partition coefficient (Wildman–Crippen LogP) is 4.83. The van der Waals surface area contributed by atoms with E-state index in [1.807, 2.05) is 71.6 Å². The number of carbonyl (C=O) groups is 2. The maximum Gasteiger partial charge on any atom is 0.245 e. The number of benzene rings is 3. The fraction of sp³-hybridized carbons (Fsp3) is 0.333. The molecule has 1 saturated heterocycles. The highest BCUT2D eigenvalue weighted by Gasteiger charge is 2.29. The number of nitrogens with zero attached hydrogens (tertiary/aromatic N) is 1. The van der Waals surface area contributed by atoms with Crippen molar-refractivity contribution in [3.8, 4) is 0 Å². The van der Waals surface area contributed by atoms with Crippen molar-refractivity contribution in [2.24, 2.45) is 5.92 Å². The summed E-state index contributed by atoms with van der Waals surface area (Å²) in [7, 11) is 0. The summed E-state index contributed by atoms with van der Waals surface area (Å²) >= 11 is 0. The highest BCUT2D eigenvalue weighted by Crippen LogP contribution is 2.22. The lowest BCUT2D eigenvalue weighted by atomic mass is 9.90. The number of nitrogens with one attached hydrogen (secondary N) is 1. The van der Waals surface area contributed by atoms with Crippen molar-refractivity contribution < 1.29 is 9.59 Å². The molecule has 3 aromatic rings. The van der Waals surface area contributed by atoms with Crippen molar-refractivity contribution >= 4 is 11.8 Å². The third-order valence-electron chi connectivity index (χ3n) is 6.69. The largest absolute Gasteiger partial charge is 0.344 e. The minimum Gasteiger partial charge on any atom is -0.344 e. The van der Waals surface area contributed by atoms with E-state index in [0.717, 1.165) is 43.5 Å². The summed E-state index contributed by atoms with van der Waals surface area (Å²) in [5.74, 6) is 0.562. The van der Waals surface area contributed by atoms with Crippen molar-refractivity contribution in [1.29, 1.82) is 0 Å². The Hall–Kier alpha value is -3.40. The fourth-order valence-corrected chi connectivity index (χ4v) is 4.74. The monoisotopic (exact) mass is 454 g/mol. The van der Waals surface area contributed by atoms with Crippen LogP contribution in [0.15, 0.2) is 91.0 Å². The van der Waals surface area contributed by atoms with E-state index in [1.54, 1.807) is 0 Å². The number of hydrogen-bond acceptors (Lipinski definition) is 2. The Bertz CT molecular complexity index is 1030. The maximum absolute atomic E-state index is 13.5. The molecule has 4 rings (SSSR count). The summed E-state index contributed by atoms with van der Waals surface area (Å²) in [6.07, 6.45) is 4.63. The molecule has 34 heavy (non-hydrogen) atoms. The Labute approximate surface area is 203 Å². The highest BCUT2D eigenvalue weighted by molar-refractivity contribution is 5.88. The second kappa shape index (κ2) is 12.2. The summed E-state index contributed by atoms with van der Waals surface area (Å²) < 4.78 is 0. The molecule has 3 aromatic carbocycles. The molecule has 1 aliphatic rings. The van der Waals surface area contributed by atoms with Gasteiger partial charge >= 0.3 is 0 Å². The van der Waals surface area contributed by atoms with Crippen LogP contribution in [-0.4, -0.2) is 35.8 Å². The van der Waals surface area contributed by atoms with Crippen molar-refractivity contribution in [2.75, 3.05) is 13.1 Å². The van der Waals surface area contributed by atoms with Gasteiger partial charge in [0.15, 0.2) is 0 Å². The van der Waals surface area contributed by atoms with E-state index in [9.17, 15) is 9.59 Å². The Balaban J connectivity index is 1.35. The average molecular weight is 455 g/mol. The van der Waals surface area contributed by atoms with E-state index in [0.29, 0.717) is 25.2 Å². The first-order chi connectivity index (χ1) is 16.7.